The van der Waals surface area contributed by atoms with E-state index in [-0.39, 0.29) is 6.03 Å². The lowest BCUT2D eigenvalue weighted by Gasteiger charge is -2.36. The number of aryl methyl sites for hydroxylation is 1. The van der Waals surface area contributed by atoms with Crippen LogP contribution in [0.4, 0.5) is 10.5 Å². The van der Waals surface area contributed by atoms with Crippen molar-refractivity contribution in [2.75, 3.05) is 37.6 Å². The molecular weight excluding hydrogens is 340 g/mol. The summed E-state index contributed by atoms with van der Waals surface area (Å²) in [6.07, 6.45) is 3.72. The summed E-state index contributed by atoms with van der Waals surface area (Å²) in [5.74, 6) is 0. The molecule has 1 saturated heterocycles. The first-order valence-corrected chi connectivity index (χ1v) is 9.34. The summed E-state index contributed by atoms with van der Waals surface area (Å²) in [5.41, 5.74) is 5.43. The lowest BCUT2D eigenvalue weighted by Crippen LogP contribution is -2.51. The Labute approximate surface area is 158 Å². The van der Waals surface area contributed by atoms with Crippen LogP contribution in [0.3, 0.4) is 0 Å². The van der Waals surface area contributed by atoms with Crippen LogP contribution in [0.15, 0.2) is 36.7 Å². The predicted octanol–water partition coefficient (Wildman–Crippen LogP) is 2.78. The topological polar surface area (TPSA) is 77.2 Å². The number of hydrogen-bond acceptors (Lipinski definition) is 4. The van der Waals surface area contributed by atoms with E-state index in [1.165, 1.54) is 5.69 Å². The fraction of sp³-hybridized carbons (Fsp3) is 0.350. The summed E-state index contributed by atoms with van der Waals surface area (Å²) in [5, 5.41) is 11.1. The number of H-pyrrole nitrogens is 1. The van der Waals surface area contributed by atoms with E-state index in [0.29, 0.717) is 6.54 Å². The van der Waals surface area contributed by atoms with Gasteiger partial charge in [0.05, 0.1) is 11.7 Å². The lowest BCUT2D eigenvalue weighted by molar-refractivity contribution is 0.195. The molecule has 1 aromatic carbocycles. The van der Waals surface area contributed by atoms with Gasteiger partial charge in [-0.05, 0) is 37.6 Å². The fourth-order valence-corrected chi connectivity index (χ4v) is 3.63. The smallest absolute Gasteiger partial charge is 0.317 e. The summed E-state index contributed by atoms with van der Waals surface area (Å²) in [6.45, 7) is 7.68. The van der Waals surface area contributed by atoms with Crippen molar-refractivity contribution in [2.24, 2.45) is 0 Å². The monoisotopic (exact) mass is 364 g/mol. The van der Waals surface area contributed by atoms with Gasteiger partial charge < -0.3 is 15.1 Å². The second-order valence-electron chi connectivity index (χ2n) is 6.78. The van der Waals surface area contributed by atoms with Crippen molar-refractivity contribution in [3.63, 3.8) is 0 Å². The number of urea groups is 1. The van der Waals surface area contributed by atoms with Gasteiger partial charge in [0.2, 0.25) is 0 Å². The van der Waals surface area contributed by atoms with E-state index in [1.54, 1.807) is 0 Å². The van der Waals surface area contributed by atoms with Gasteiger partial charge >= 0.3 is 6.03 Å². The highest BCUT2D eigenvalue weighted by molar-refractivity contribution is 5.95. The fourth-order valence-electron chi connectivity index (χ4n) is 3.63. The van der Waals surface area contributed by atoms with Gasteiger partial charge in [-0.15, -0.1) is 0 Å². The molecule has 2 aromatic heterocycles. The minimum atomic E-state index is 0.0226. The normalized spacial score (nSPS) is 14.6. The summed E-state index contributed by atoms with van der Waals surface area (Å²) in [6, 6.07) is 8.42. The third-order valence-electron chi connectivity index (χ3n) is 5.10. The SMILES string of the molecule is CCNC(=O)N1CCN(c2ccnc3ccc(-c4cn[nH]c4C)cc23)CC1. The Morgan fingerprint density at radius 2 is 2.04 bits per heavy atom. The first kappa shape index (κ1) is 17.3. The number of hydrogen-bond donors (Lipinski definition) is 2. The van der Waals surface area contributed by atoms with Gasteiger partial charge in [-0.3, -0.25) is 10.1 Å². The Morgan fingerprint density at radius 3 is 2.74 bits per heavy atom. The van der Waals surface area contributed by atoms with Crippen LogP contribution in [0.25, 0.3) is 22.0 Å². The van der Waals surface area contributed by atoms with Crippen LogP contribution < -0.4 is 10.2 Å². The molecule has 7 heteroatoms. The van der Waals surface area contributed by atoms with Crippen molar-refractivity contribution in [3.05, 3.63) is 42.4 Å². The highest BCUT2D eigenvalue weighted by Gasteiger charge is 2.22. The lowest BCUT2D eigenvalue weighted by atomic mass is 10.0. The minimum Gasteiger partial charge on any atom is -0.367 e. The van der Waals surface area contributed by atoms with E-state index < -0.39 is 0 Å². The number of piperazine rings is 1. The molecule has 3 aromatic rings. The van der Waals surface area contributed by atoms with Gasteiger partial charge in [0.1, 0.15) is 0 Å². The van der Waals surface area contributed by atoms with Crippen LogP contribution in [0.1, 0.15) is 12.6 Å². The molecule has 2 N–H and O–H groups in total. The Kier molecular flexibility index (Phi) is 4.66. The highest BCUT2D eigenvalue weighted by Crippen LogP contribution is 2.31. The second kappa shape index (κ2) is 7.26. The van der Waals surface area contributed by atoms with Crippen LogP contribution in [-0.4, -0.2) is 58.8 Å². The van der Waals surface area contributed by atoms with Crippen LogP contribution in [0.5, 0.6) is 0 Å². The molecule has 1 aliphatic rings. The number of nitrogens with zero attached hydrogens (tertiary/aromatic N) is 4. The van der Waals surface area contributed by atoms with Crippen molar-refractivity contribution in [3.8, 4) is 11.1 Å². The number of amides is 2. The third kappa shape index (κ3) is 3.32. The van der Waals surface area contributed by atoms with E-state index in [1.807, 2.05) is 31.1 Å². The molecule has 0 radical (unpaired) electrons. The molecule has 0 bridgehead atoms. The first-order chi connectivity index (χ1) is 13.2. The number of benzene rings is 1. The number of rotatable bonds is 3. The number of anilines is 1. The Balaban J connectivity index is 1.62. The molecule has 0 saturated carbocycles. The number of carbonyl (C=O) groups is 1. The maximum absolute atomic E-state index is 12.0. The highest BCUT2D eigenvalue weighted by atomic mass is 16.2. The summed E-state index contributed by atoms with van der Waals surface area (Å²) < 4.78 is 0. The Morgan fingerprint density at radius 1 is 1.22 bits per heavy atom. The molecular formula is C20H24N6O. The number of carbonyl (C=O) groups excluding carboxylic acids is 1. The Hall–Kier alpha value is -3.09. The Bertz CT molecular complexity index is 958. The van der Waals surface area contributed by atoms with E-state index in [9.17, 15) is 4.79 Å². The molecule has 4 rings (SSSR count). The average Bonchev–Trinajstić information content (AvgIpc) is 3.13. The number of nitrogens with one attached hydrogen (secondary N) is 2. The number of fused-ring (bicyclic) bond motifs is 1. The third-order valence-corrected chi connectivity index (χ3v) is 5.10. The zero-order valence-electron chi connectivity index (χ0n) is 15.7. The first-order valence-electron chi connectivity index (χ1n) is 9.34. The van der Waals surface area contributed by atoms with Crippen LogP contribution >= 0.6 is 0 Å². The van der Waals surface area contributed by atoms with Crippen LogP contribution in [0, 0.1) is 6.92 Å². The largest absolute Gasteiger partial charge is 0.367 e. The van der Waals surface area contributed by atoms with Crippen molar-refractivity contribution >= 4 is 22.6 Å². The van der Waals surface area contributed by atoms with E-state index in [0.717, 1.165) is 53.9 Å². The van der Waals surface area contributed by atoms with Crippen molar-refractivity contribution in [1.29, 1.82) is 0 Å². The molecule has 1 fully saturated rings. The van der Waals surface area contributed by atoms with E-state index in [2.05, 4.69) is 49.7 Å². The van der Waals surface area contributed by atoms with Gasteiger partial charge in [-0.1, -0.05) is 6.07 Å². The van der Waals surface area contributed by atoms with Crippen LogP contribution in [0.2, 0.25) is 0 Å². The van der Waals surface area contributed by atoms with Crippen molar-refractivity contribution in [2.45, 2.75) is 13.8 Å². The van der Waals surface area contributed by atoms with Crippen molar-refractivity contribution in [1.82, 2.24) is 25.4 Å². The minimum absolute atomic E-state index is 0.0226. The predicted molar refractivity (Wildman–Crippen MR) is 107 cm³/mol. The molecule has 3 heterocycles. The molecule has 0 unspecified atom stereocenters. The molecule has 140 valence electrons. The zero-order chi connectivity index (χ0) is 18.8. The van der Waals surface area contributed by atoms with Gasteiger partial charge in [0.25, 0.3) is 0 Å². The van der Waals surface area contributed by atoms with Gasteiger partial charge in [-0.25, -0.2) is 4.79 Å². The van der Waals surface area contributed by atoms with E-state index in [4.69, 9.17) is 0 Å². The quantitative estimate of drug-likeness (QED) is 0.749. The van der Waals surface area contributed by atoms with E-state index >= 15 is 0 Å². The van der Waals surface area contributed by atoms with Gasteiger partial charge in [0, 0.05) is 61.3 Å². The average molecular weight is 364 g/mol. The zero-order valence-corrected chi connectivity index (χ0v) is 15.7. The maximum Gasteiger partial charge on any atom is 0.317 e. The number of pyridine rings is 1. The molecule has 2 amide bonds. The molecule has 27 heavy (non-hydrogen) atoms. The van der Waals surface area contributed by atoms with Gasteiger partial charge in [0.15, 0.2) is 0 Å². The molecule has 7 nitrogen and oxygen atoms in total. The van der Waals surface area contributed by atoms with Crippen LogP contribution in [-0.2, 0) is 0 Å². The molecule has 0 aliphatic carbocycles. The van der Waals surface area contributed by atoms with Crippen molar-refractivity contribution < 1.29 is 4.79 Å². The summed E-state index contributed by atoms with van der Waals surface area (Å²) >= 11 is 0. The molecule has 0 atom stereocenters. The molecule has 0 spiro atoms. The number of aromatic amines is 1. The standard InChI is InChI=1S/C20H24N6O/c1-3-21-20(27)26-10-8-25(9-11-26)19-6-7-22-18-5-4-15(12-16(18)19)17-13-23-24-14(17)2/h4-7,12-13H,3,8-11H2,1-2H3,(H,21,27)(H,23,24). The number of aromatic nitrogens is 3. The maximum atomic E-state index is 12.0. The second-order valence-corrected chi connectivity index (χ2v) is 6.78. The summed E-state index contributed by atoms with van der Waals surface area (Å²) in [4.78, 5) is 20.8. The molecule has 1 aliphatic heterocycles. The van der Waals surface area contributed by atoms with Gasteiger partial charge in [-0.2, -0.15) is 5.10 Å². The summed E-state index contributed by atoms with van der Waals surface area (Å²) in [7, 11) is 0.